The van der Waals surface area contributed by atoms with Crippen LogP contribution in [0.4, 0.5) is 4.79 Å². The number of pyridine rings is 1. The summed E-state index contributed by atoms with van der Waals surface area (Å²) in [6.45, 7) is 3.62. The van der Waals surface area contributed by atoms with Crippen molar-refractivity contribution in [3.05, 3.63) is 76.7 Å². The molecule has 0 unspecified atom stereocenters. The minimum absolute atomic E-state index is 0.136. The fourth-order valence-electron chi connectivity index (χ4n) is 3.97. The quantitative estimate of drug-likeness (QED) is 0.584. The number of nitrogens with zero attached hydrogens (tertiary/aromatic N) is 1. The van der Waals surface area contributed by atoms with Crippen LogP contribution < -0.4 is 14.8 Å². The van der Waals surface area contributed by atoms with Gasteiger partial charge in [-0.25, -0.2) is 9.78 Å². The minimum Gasteiger partial charge on any atom is -0.481 e. The molecule has 1 N–H and O–H groups in total. The third-order valence-electron chi connectivity index (χ3n) is 5.86. The number of imide groups is 1. The van der Waals surface area contributed by atoms with E-state index in [0.29, 0.717) is 46.9 Å². The van der Waals surface area contributed by atoms with E-state index in [2.05, 4.69) is 17.2 Å². The molecule has 1 atom stereocenters. The van der Waals surface area contributed by atoms with Crippen LogP contribution in [0.3, 0.4) is 0 Å². The normalized spacial score (nSPS) is 19.6. The summed E-state index contributed by atoms with van der Waals surface area (Å²) in [4.78, 5) is 40.9. The van der Waals surface area contributed by atoms with Crippen molar-refractivity contribution < 1.29 is 28.6 Å². The number of hydrogen-bond acceptors (Lipinski definition) is 7. The summed E-state index contributed by atoms with van der Waals surface area (Å²) in [6.07, 6.45) is 7.25. The van der Waals surface area contributed by atoms with E-state index in [0.717, 1.165) is 18.4 Å². The van der Waals surface area contributed by atoms with Crippen molar-refractivity contribution in [3.63, 3.8) is 0 Å². The molecule has 2 amide bonds. The molecule has 1 fully saturated rings. The first-order valence-electron chi connectivity index (χ1n) is 11.1. The van der Waals surface area contributed by atoms with Gasteiger partial charge in [-0.15, -0.1) is 0 Å². The zero-order valence-electron chi connectivity index (χ0n) is 19.3. The third kappa shape index (κ3) is 4.57. The van der Waals surface area contributed by atoms with E-state index in [1.54, 1.807) is 37.3 Å². The standard InChI is InChI=1S/C26H26N2O6/c1-4-6-16-13-17(23(29)18-10-12-22(32-3)27-15-18)9-11-21(16)33-20-8-5-7-19(14-20)26(2)24(30)28-25(31)34-26/h7,9-15H,4-6,8H2,1-3H3,(H,28,30,31)/t26-/m1/s1. The fourth-order valence-corrected chi connectivity index (χ4v) is 3.97. The number of aromatic nitrogens is 1. The highest BCUT2D eigenvalue weighted by molar-refractivity contribution is 6.09. The van der Waals surface area contributed by atoms with Gasteiger partial charge in [0.05, 0.1) is 7.11 Å². The Labute approximate surface area is 197 Å². The zero-order chi connectivity index (χ0) is 24.3. The van der Waals surface area contributed by atoms with Crippen LogP contribution in [-0.4, -0.2) is 35.5 Å². The van der Waals surface area contributed by atoms with Crippen LogP contribution in [0.1, 0.15) is 54.6 Å². The van der Waals surface area contributed by atoms with Gasteiger partial charge in [0.1, 0.15) is 11.5 Å². The lowest BCUT2D eigenvalue weighted by Crippen LogP contribution is -2.38. The number of amides is 2. The molecule has 4 rings (SSSR count). The first-order chi connectivity index (χ1) is 16.3. The van der Waals surface area contributed by atoms with Crippen LogP contribution in [0.15, 0.2) is 60.0 Å². The van der Waals surface area contributed by atoms with Crippen molar-refractivity contribution in [1.82, 2.24) is 10.3 Å². The lowest BCUT2D eigenvalue weighted by atomic mass is 9.90. The number of aryl methyl sites for hydroxylation is 1. The molecule has 1 aromatic heterocycles. The second kappa shape index (κ2) is 9.51. The average Bonchev–Trinajstić information content (AvgIpc) is 3.12. The molecule has 2 aliphatic rings. The number of ether oxygens (including phenoxy) is 3. The van der Waals surface area contributed by atoms with Crippen molar-refractivity contribution in [2.45, 2.75) is 45.1 Å². The second-order valence-electron chi connectivity index (χ2n) is 8.28. The number of ketones is 1. The predicted octanol–water partition coefficient (Wildman–Crippen LogP) is 4.28. The van der Waals surface area contributed by atoms with Gasteiger partial charge in [0.2, 0.25) is 11.5 Å². The van der Waals surface area contributed by atoms with Gasteiger partial charge in [-0.3, -0.25) is 14.9 Å². The lowest BCUT2D eigenvalue weighted by molar-refractivity contribution is -0.127. The van der Waals surface area contributed by atoms with Crippen LogP contribution in [0.25, 0.3) is 0 Å². The molecular weight excluding hydrogens is 436 g/mol. The SMILES string of the molecule is CCCc1cc(C(=O)c2ccc(OC)nc2)ccc1OC1=CC([C@@]2(C)OC(=O)NC2=O)=CCC1. The smallest absolute Gasteiger partial charge is 0.415 e. The summed E-state index contributed by atoms with van der Waals surface area (Å²) in [5, 5.41) is 2.18. The van der Waals surface area contributed by atoms with Gasteiger partial charge >= 0.3 is 6.09 Å². The molecule has 1 saturated heterocycles. The van der Waals surface area contributed by atoms with Crippen LogP contribution in [0, 0.1) is 0 Å². The first kappa shape index (κ1) is 23.2. The number of nitrogens with one attached hydrogen (secondary N) is 1. The van der Waals surface area contributed by atoms with Gasteiger partial charge in [-0.2, -0.15) is 0 Å². The molecule has 1 aliphatic heterocycles. The van der Waals surface area contributed by atoms with Crippen LogP contribution in [0.5, 0.6) is 11.6 Å². The van der Waals surface area contributed by atoms with E-state index in [1.807, 2.05) is 12.1 Å². The molecule has 1 aromatic carbocycles. The lowest BCUT2D eigenvalue weighted by Gasteiger charge is -2.24. The van der Waals surface area contributed by atoms with Crippen molar-refractivity contribution >= 4 is 17.8 Å². The first-order valence-corrected chi connectivity index (χ1v) is 11.1. The minimum atomic E-state index is -1.37. The van der Waals surface area contributed by atoms with E-state index in [1.165, 1.54) is 13.3 Å². The third-order valence-corrected chi connectivity index (χ3v) is 5.86. The van der Waals surface area contributed by atoms with E-state index in [4.69, 9.17) is 14.2 Å². The predicted molar refractivity (Wildman–Crippen MR) is 124 cm³/mol. The Morgan fingerprint density at radius 3 is 2.65 bits per heavy atom. The number of carbonyl (C=O) groups is 3. The molecule has 0 saturated carbocycles. The fraction of sp³-hybridized carbons (Fsp3) is 0.308. The van der Waals surface area contributed by atoms with Crippen LogP contribution >= 0.6 is 0 Å². The molecular formula is C26H26N2O6. The summed E-state index contributed by atoms with van der Waals surface area (Å²) in [5.41, 5.74) is 1.12. The van der Waals surface area contributed by atoms with Crippen molar-refractivity contribution in [3.8, 4) is 11.6 Å². The van der Waals surface area contributed by atoms with Gasteiger partial charge in [0, 0.05) is 35.4 Å². The second-order valence-corrected chi connectivity index (χ2v) is 8.28. The number of rotatable bonds is 8. The Morgan fingerprint density at radius 1 is 1.21 bits per heavy atom. The Bertz CT molecular complexity index is 1200. The summed E-state index contributed by atoms with van der Waals surface area (Å²) < 4.78 is 16.5. The highest BCUT2D eigenvalue weighted by atomic mass is 16.6. The Hall–Kier alpha value is -3.94. The van der Waals surface area contributed by atoms with Gasteiger partial charge in [-0.05, 0) is 55.7 Å². The molecule has 0 spiro atoms. The maximum Gasteiger partial charge on any atom is 0.415 e. The number of alkyl carbamates (subject to hydrolysis) is 1. The maximum absolute atomic E-state index is 13.0. The van der Waals surface area contributed by atoms with E-state index in [9.17, 15) is 14.4 Å². The molecule has 8 heteroatoms. The Balaban J connectivity index is 1.57. The van der Waals surface area contributed by atoms with Gasteiger partial charge in [-0.1, -0.05) is 19.4 Å². The Kier molecular flexibility index (Phi) is 6.49. The van der Waals surface area contributed by atoms with E-state index < -0.39 is 17.6 Å². The highest BCUT2D eigenvalue weighted by Crippen LogP contribution is 2.34. The maximum atomic E-state index is 13.0. The van der Waals surface area contributed by atoms with E-state index in [-0.39, 0.29) is 5.78 Å². The number of cyclic esters (lactones) is 1. The zero-order valence-corrected chi connectivity index (χ0v) is 19.3. The highest BCUT2D eigenvalue weighted by Gasteiger charge is 2.47. The van der Waals surface area contributed by atoms with Gasteiger partial charge < -0.3 is 14.2 Å². The summed E-state index contributed by atoms with van der Waals surface area (Å²) in [5.74, 6) is 1.12. The molecule has 2 aromatic rings. The average molecular weight is 463 g/mol. The molecule has 34 heavy (non-hydrogen) atoms. The molecule has 0 bridgehead atoms. The van der Waals surface area contributed by atoms with E-state index >= 15 is 0 Å². The van der Waals surface area contributed by atoms with Crippen molar-refractivity contribution in [2.75, 3.05) is 7.11 Å². The molecule has 176 valence electrons. The molecule has 2 heterocycles. The monoisotopic (exact) mass is 462 g/mol. The number of carbonyl (C=O) groups excluding carboxylic acids is 3. The summed E-state index contributed by atoms with van der Waals surface area (Å²) >= 11 is 0. The summed E-state index contributed by atoms with van der Waals surface area (Å²) in [7, 11) is 1.52. The number of methoxy groups -OCH3 is 1. The topological polar surface area (TPSA) is 104 Å². The van der Waals surface area contributed by atoms with Crippen molar-refractivity contribution in [1.29, 1.82) is 0 Å². The molecule has 0 radical (unpaired) electrons. The number of allylic oxidation sites excluding steroid dienone is 2. The molecule has 1 aliphatic carbocycles. The Morgan fingerprint density at radius 2 is 2.00 bits per heavy atom. The van der Waals surface area contributed by atoms with Gasteiger partial charge in [0.15, 0.2) is 5.78 Å². The number of benzene rings is 1. The molecule has 8 nitrogen and oxygen atoms in total. The summed E-state index contributed by atoms with van der Waals surface area (Å²) in [6, 6.07) is 8.71. The largest absolute Gasteiger partial charge is 0.481 e. The number of hydrogen-bond donors (Lipinski definition) is 1. The van der Waals surface area contributed by atoms with Gasteiger partial charge in [0.25, 0.3) is 5.91 Å². The van der Waals surface area contributed by atoms with Crippen molar-refractivity contribution in [2.24, 2.45) is 0 Å². The van der Waals surface area contributed by atoms with Crippen LogP contribution in [0.2, 0.25) is 0 Å². The van der Waals surface area contributed by atoms with Crippen LogP contribution in [-0.2, 0) is 16.0 Å².